The van der Waals surface area contributed by atoms with E-state index in [1.54, 1.807) is 38.9 Å². The van der Waals surface area contributed by atoms with Crippen molar-refractivity contribution in [2.75, 3.05) is 21.3 Å². The van der Waals surface area contributed by atoms with Gasteiger partial charge >= 0.3 is 0 Å². The third kappa shape index (κ3) is 3.97. The largest absolute Gasteiger partial charge is 0.493 e. The molecule has 0 bridgehead atoms. The fraction of sp³-hybridized carbons (Fsp3) is 0.412. The van der Waals surface area contributed by atoms with E-state index in [0.717, 1.165) is 16.1 Å². The average molecular weight is 349 g/mol. The molecule has 1 heterocycles. The Bertz CT molecular complexity index is 766. The highest BCUT2D eigenvalue weighted by Crippen LogP contribution is 2.37. The molecule has 0 atom stereocenters. The molecule has 0 saturated heterocycles. The van der Waals surface area contributed by atoms with Gasteiger partial charge in [-0.25, -0.2) is 4.68 Å². The van der Waals surface area contributed by atoms with Crippen LogP contribution in [0.3, 0.4) is 0 Å². The Balaban J connectivity index is 2.45. The van der Waals surface area contributed by atoms with Crippen LogP contribution < -0.4 is 19.0 Å². The second kappa shape index (κ2) is 8.01. The topological polar surface area (TPSA) is 57.3 Å². The number of methoxy groups -OCH3 is 3. The van der Waals surface area contributed by atoms with Crippen LogP contribution in [0.1, 0.15) is 25.1 Å². The smallest absolute Gasteiger partial charge is 0.206 e. The highest BCUT2D eigenvalue weighted by Gasteiger charge is 2.12. The zero-order chi connectivity index (χ0) is 17.7. The molecule has 0 radical (unpaired) electrons. The first-order valence-electron chi connectivity index (χ1n) is 7.55. The first-order chi connectivity index (χ1) is 11.5. The molecule has 6 nitrogen and oxygen atoms in total. The van der Waals surface area contributed by atoms with Gasteiger partial charge < -0.3 is 14.2 Å². The monoisotopic (exact) mass is 349 g/mol. The van der Waals surface area contributed by atoms with E-state index < -0.39 is 0 Å². The summed E-state index contributed by atoms with van der Waals surface area (Å²) in [6, 6.07) is 3.92. The summed E-state index contributed by atoms with van der Waals surface area (Å²) >= 11 is 1.57. The molecule has 1 aromatic carbocycles. The second-order valence-electron chi connectivity index (χ2n) is 5.40. The van der Waals surface area contributed by atoms with E-state index in [1.807, 2.05) is 43.0 Å². The summed E-state index contributed by atoms with van der Waals surface area (Å²) < 4.78 is 17.9. The van der Waals surface area contributed by atoms with Gasteiger partial charge in [0.1, 0.15) is 0 Å². The predicted molar refractivity (Wildman–Crippen MR) is 96.8 cm³/mol. The number of hydrogen-bond acceptors (Lipinski definition) is 6. The van der Waals surface area contributed by atoms with E-state index in [0.29, 0.717) is 17.2 Å². The summed E-state index contributed by atoms with van der Waals surface area (Å²) in [5.74, 6) is 1.75. The molecule has 0 saturated carbocycles. The normalized spacial score (nSPS) is 12.2. The molecule has 0 aliphatic heterocycles. The minimum Gasteiger partial charge on any atom is -0.493 e. The van der Waals surface area contributed by atoms with Gasteiger partial charge in [0, 0.05) is 17.0 Å². The molecule has 0 spiro atoms. The van der Waals surface area contributed by atoms with Crippen LogP contribution in [0.25, 0.3) is 0 Å². The van der Waals surface area contributed by atoms with Crippen molar-refractivity contribution in [2.45, 2.75) is 26.8 Å². The molecule has 0 unspecified atom stereocenters. The van der Waals surface area contributed by atoms with E-state index in [4.69, 9.17) is 14.2 Å². The van der Waals surface area contributed by atoms with Gasteiger partial charge in [0.05, 0.1) is 33.2 Å². The molecule has 2 rings (SSSR count). The zero-order valence-electron chi connectivity index (χ0n) is 14.9. The van der Waals surface area contributed by atoms with Crippen LogP contribution in [0.15, 0.2) is 27.6 Å². The number of aromatic nitrogens is 1. The highest BCUT2D eigenvalue weighted by molar-refractivity contribution is 7.07. The van der Waals surface area contributed by atoms with Crippen LogP contribution in [0.5, 0.6) is 17.2 Å². The predicted octanol–water partition coefficient (Wildman–Crippen LogP) is 3.08. The summed E-state index contributed by atoms with van der Waals surface area (Å²) in [5, 5.41) is 6.59. The van der Waals surface area contributed by atoms with Gasteiger partial charge in [0.25, 0.3) is 0 Å². The van der Waals surface area contributed by atoms with Crippen molar-refractivity contribution >= 4 is 17.6 Å². The fourth-order valence-corrected chi connectivity index (χ4v) is 3.07. The third-order valence-corrected chi connectivity index (χ3v) is 4.18. The van der Waals surface area contributed by atoms with Gasteiger partial charge in [-0.2, -0.15) is 5.10 Å². The quantitative estimate of drug-likeness (QED) is 0.753. The first-order valence-corrected chi connectivity index (χ1v) is 8.43. The maximum atomic E-state index is 5.37. The summed E-state index contributed by atoms with van der Waals surface area (Å²) in [7, 11) is 4.77. The van der Waals surface area contributed by atoms with Crippen LogP contribution in [0.4, 0.5) is 0 Å². The van der Waals surface area contributed by atoms with Crippen molar-refractivity contribution in [3.05, 3.63) is 33.6 Å². The Kier molecular flexibility index (Phi) is 6.03. The Morgan fingerprint density at radius 3 is 2.21 bits per heavy atom. The van der Waals surface area contributed by atoms with Gasteiger partial charge in [-0.1, -0.05) is 0 Å². The minimum absolute atomic E-state index is 0.214. The zero-order valence-corrected chi connectivity index (χ0v) is 15.7. The van der Waals surface area contributed by atoms with Gasteiger partial charge in [-0.05, 0) is 32.9 Å². The molecule has 24 heavy (non-hydrogen) atoms. The first kappa shape index (κ1) is 18.1. The SMILES string of the molecule is COc1cc(C=Nn2c(C)csc2=NC(C)C)cc(OC)c1OC. The Labute approximate surface area is 146 Å². The van der Waals surface area contributed by atoms with E-state index >= 15 is 0 Å². The highest BCUT2D eigenvalue weighted by atomic mass is 32.1. The third-order valence-electron chi connectivity index (χ3n) is 3.23. The standard InChI is InChI=1S/C17H23N3O3S/c1-11(2)19-17-20(12(3)10-24-17)18-9-13-7-14(21-4)16(23-6)15(8-13)22-5/h7-11H,1-6H3. The fourth-order valence-electron chi connectivity index (χ4n) is 2.14. The molecule has 7 heteroatoms. The van der Waals surface area contributed by atoms with E-state index in [9.17, 15) is 0 Å². The Morgan fingerprint density at radius 1 is 1.08 bits per heavy atom. The second-order valence-corrected chi connectivity index (χ2v) is 6.23. The maximum Gasteiger partial charge on any atom is 0.206 e. The summed E-state index contributed by atoms with van der Waals surface area (Å²) in [6.07, 6.45) is 1.75. The average Bonchev–Trinajstić information content (AvgIpc) is 2.90. The molecule has 0 aliphatic rings. The lowest BCUT2D eigenvalue weighted by Crippen LogP contribution is -2.14. The van der Waals surface area contributed by atoms with Crippen molar-refractivity contribution < 1.29 is 14.2 Å². The number of thiazole rings is 1. The van der Waals surface area contributed by atoms with Crippen LogP contribution in [-0.4, -0.2) is 38.3 Å². The van der Waals surface area contributed by atoms with E-state index in [2.05, 4.69) is 10.1 Å². The van der Waals surface area contributed by atoms with Crippen LogP contribution in [0.2, 0.25) is 0 Å². The van der Waals surface area contributed by atoms with Crippen molar-refractivity contribution in [3.8, 4) is 17.2 Å². The summed E-state index contributed by atoms with van der Waals surface area (Å²) in [6.45, 7) is 6.09. The summed E-state index contributed by atoms with van der Waals surface area (Å²) in [5.41, 5.74) is 1.88. The van der Waals surface area contributed by atoms with Crippen LogP contribution in [0, 0.1) is 6.92 Å². The van der Waals surface area contributed by atoms with Gasteiger partial charge in [0.15, 0.2) is 11.5 Å². The number of hydrogen-bond donors (Lipinski definition) is 0. The Hall–Kier alpha value is -2.28. The van der Waals surface area contributed by atoms with Crippen molar-refractivity contribution in [2.24, 2.45) is 10.1 Å². The number of rotatable bonds is 6. The number of ether oxygens (including phenoxy) is 3. The molecule has 1 aromatic heterocycles. The minimum atomic E-state index is 0.214. The molecule has 130 valence electrons. The molecular formula is C17H23N3O3S. The lowest BCUT2D eigenvalue weighted by molar-refractivity contribution is 0.324. The number of benzene rings is 1. The van der Waals surface area contributed by atoms with Crippen molar-refractivity contribution in [1.82, 2.24) is 4.68 Å². The lowest BCUT2D eigenvalue weighted by Gasteiger charge is -2.12. The van der Waals surface area contributed by atoms with Gasteiger partial charge in [0.2, 0.25) is 10.6 Å². The van der Waals surface area contributed by atoms with Gasteiger partial charge in [-0.15, -0.1) is 11.3 Å². The van der Waals surface area contributed by atoms with Crippen molar-refractivity contribution in [1.29, 1.82) is 0 Å². The molecule has 0 amide bonds. The van der Waals surface area contributed by atoms with Gasteiger partial charge in [-0.3, -0.25) is 4.99 Å². The molecule has 0 aliphatic carbocycles. The van der Waals surface area contributed by atoms with Crippen LogP contribution in [-0.2, 0) is 0 Å². The number of aryl methyl sites for hydroxylation is 1. The number of nitrogens with zero attached hydrogens (tertiary/aromatic N) is 3. The Morgan fingerprint density at radius 2 is 1.71 bits per heavy atom. The lowest BCUT2D eigenvalue weighted by atomic mass is 10.2. The molecule has 0 fully saturated rings. The molecular weight excluding hydrogens is 326 g/mol. The van der Waals surface area contributed by atoms with Crippen LogP contribution >= 0.6 is 11.3 Å². The van der Waals surface area contributed by atoms with E-state index in [1.165, 1.54) is 0 Å². The molecule has 0 N–H and O–H groups in total. The van der Waals surface area contributed by atoms with E-state index in [-0.39, 0.29) is 6.04 Å². The molecule has 2 aromatic rings. The van der Waals surface area contributed by atoms with Crippen molar-refractivity contribution in [3.63, 3.8) is 0 Å². The maximum absolute atomic E-state index is 5.37. The summed E-state index contributed by atoms with van der Waals surface area (Å²) in [4.78, 5) is 5.45.